The lowest BCUT2D eigenvalue weighted by Crippen LogP contribution is -2.02. The molecule has 2 heterocycles. The Morgan fingerprint density at radius 3 is 2.73 bits per heavy atom. The summed E-state index contributed by atoms with van der Waals surface area (Å²) in [5.74, 6) is 1.51. The van der Waals surface area contributed by atoms with E-state index in [1.165, 1.54) is 0 Å². The van der Waals surface area contributed by atoms with Crippen molar-refractivity contribution in [3.63, 3.8) is 0 Å². The van der Waals surface area contributed by atoms with Gasteiger partial charge in [0, 0.05) is 6.42 Å². The molecule has 0 aromatic carbocycles. The van der Waals surface area contributed by atoms with Gasteiger partial charge in [-0.15, -0.1) is 0 Å². The molecule has 0 saturated heterocycles. The van der Waals surface area contributed by atoms with E-state index in [0.717, 1.165) is 11.3 Å². The minimum atomic E-state index is 0.0609. The number of hydrogen-bond acceptors (Lipinski definition) is 3. The summed E-state index contributed by atoms with van der Waals surface area (Å²) in [5.41, 5.74) is 1.55. The Kier molecular flexibility index (Phi) is 2.46. The Morgan fingerprint density at radius 1 is 1.40 bits per heavy atom. The molecule has 0 spiro atoms. The van der Waals surface area contributed by atoms with Crippen molar-refractivity contribution in [2.75, 3.05) is 0 Å². The molecule has 0 aliphatic carbocycles. The maximum absolute atomic E-state index is 11.8. The molecular formula is C12H12O3. The second-order valence-electron chi connectivity index (χ2n) is 3.56. The van der Waals surface area contributed by atoms with Crippen LogP contribution < -0.4 is 0 Å². The van der Waals surface area contributed by atoms with Gasteiger partial charge in [-0.05, 0) is 31.5 Å². The summed E-state index contributed by atoms with van der Waals surface area (Å²) < 4.78 is 10.2. The lowest BCUT2D eigenvalue weighted by atomic mass is 10.1. The molecule has 0 unspecified atom stereocenters. The van der Waals surface area contributed by atoms with E-state index in [9.17, 15) is 4.79 Å². The fraction of sp³-hybridized carbons (Fsp3) is 0.250. The number of rotatable bonds is 3. The zero-order valence-corrected chi connectivity index (χ0v) is 8.74. The summed E-state index contributed by atoms with van der Waals surface area (Å²) in [4.78, 5) is 11.8. The number of hydrogen-bond donors (Lipinski definition) is 0. The normalized spacial score (nSPS) is 10.5. The van der Waals surface area contributed by atoms with Crippen LogP contribution in [0.2, 0.25) is 0 Å². The summed E-state index contributed by atoms with van der Waals surface area (Å²) in [5, 5.41) is 0. The Balaban J connectivity index is 2.18. The van der Waals surface area contributed by atoms with Gasteiger partial charge < -0.3 is 8.83 Å². The molecule has 78 valence electrons. The molecule has 0 bridgehead atoms. The quantitative estimate of drug-likeness (QED) is 0.722. The largest absolute Gasteiger partial charge is 0.472 e. The third-order valence-corrected chi connectivity index (χ3v) is 2.29. The predicted molar refractivity (Wildman–Crippen MR) is 54.9 cm³/mol. The average Bonchev–Trinajstić information content (AvgIpc) is 2.75. The lowest BCUT2D eigenvalue weighted by Gasteiger charge is -1.95. The van der Waals surface area contributed by atoms with Gasteiger partial charge in [-0.2, -0.15) is 0 Å². The molecule has 0 fully saturated rings. The monoisotopic (exact) mass is 204 g/mol. The van der Waals surface area contributed by atoms with Crippen molar-refractivity contribution in [3.8, 4) is 0 Å². The first-order valence-electron chi connectivity index (χ1n) is 4.78. The second-order valence-corrected chi connectivity index (χ2v) is 3.56. The Morgan fingerprint density at radius 2 is 2.20 bits per heavy atom. The van der Waals surface area contributed by atoms with E-state index in [4.69, 9.17) is 8.83 Å². The van der Waals surface area contributed by atoms with Crippen molar-refractivity contribution < 1.29 is 13.6 Å². The number of carbonyl (C=O) groups is 1. The van der Waals surface area contributed by atoms with Gasteiger partial charge in [-0.25, -0.2) is 0 Å². The van der Waals surface area contributed by atoms with Crippen molar-refractivity contribution in [1.82, 2.24) is 0 Å². The van der Waals surface area contributed by atoms with Gasteiger partial charge in [0.15, 0.2) is 5.78 Å². The Bertz CT molecular complexity index is 463. The first-order valence-corrected chi connectivity index (χ1v) is 4.78. The van der Waals surface area contributed by atoms with Crippen LogP contribution in [0.25, 0.3) is 0 Å². The standard InChI is InChI=1S/C12H12O3/c1-8-5-11(9(2)15-8)12(13)6-10-3-4-14-7-10/h3-5,7H,6H2,1-2H3. The van der Waals surface area contributed by atoms with Gasteiger partial charge in [-0.1, -0.05) is 0 Å². The summed E-state index contributed by atoms with van der Waals surface area (Å²) in [6.45, 7) is 3.64. The molecular weight excluding hydrogens is 192 g/mol. The fourth-order valence-electron chi connectivity index (χ4n) is 1.58. The van der Waals surface area contributed by atoms with Crippen molar-refractivity contribution in [2.24, 2.45) is 0 Å². The van der Waals surface area contributed by atoms with Crippen LogP contribution in [-0.2, 0) is 6.42 Å². The van der Waals surface area contributed by atoms with Crippen LogP contribution in [0.15, 0.2) is 33.5 Å². The molecule has 0 amide bonds. The molecule has 3 heteroatoms. The fourth-order valence-corrected chi connectivity index (χ4v) is 1.58. The van der Waals surface area contributed by atoms with E-state index < -0.39 is 0 Å². The highest BCUT2D eigenvalue weighted by atomic mass is 16.3. The predicted octanol–water partition coefficient (Wildman–Crippen LogP) is 2.91. The van der Waals surface area contributed by atoms with E-state index >= 15 is 0 Å². The van der Waals surface area contributed by atoms with E-state index in [0.29, 0.717) is 17.7 Å². The molecule has 0 N–H and O–H groups in total. The summed E-state index contributed by atoms with van der Waals surface area (Å²) >= 11 is 0. The molecule has 3 nitrogen and oxygen atoms in total. The Labute approximate surface area is 87.7 Å². The van der Waals surface area contributed by atoms with Crippen LogP contribution >= 0.6 is 0 Å². The SMILES string of the molecule is Cc1cc(C(=O)Cc2ccoc2)c(C)o1. The zero-order valence-electron chi connectivity index (χ0n) is 8.74. The molecule has 0 aliphatic heterocycles. The van der Waals surface area contributed by atoms with Gasteiger partial charge in [0.2, 0.25) is 0 Å². The highest BCUT2D eigenvalue weighted by molar-refractivity contribution is 5.98. The van der Waals surface area contributed by atoms with Crippen molar-refractivity contribution in [3.05, 3.63) is 47.3 Å². The molecule has 2 aromatic heterocycles. The van der Waals surface area contributed by atoms with Gasteiger partial charge in [0.1, 0.15) is 11.5 Å². The number of Topliss-reactive ketones (excluding diaryl/α,β-unsaturated/α-hetero) is 1. The van der Waals surface area contributed by atoms with Crippen molar-refractivity contribution >= 4 is 5.78 Å². The minimum absolute atomic E-state index is 0.0609. The van der Waals surface area contributed by atoms with Crippen molar-refractivity contribution in [2.45, 2.75) is 20.3 Å². The van der Waals surface area contributed by atoms with E-state index in [1.54, 1.807) is 31.6 Å². The van der Waals surface area contributed by atoms with Crippen LogP contribution in [-0.4, -0.2) is 5.78 Å². The van der Waals surface area contributed by atoms with E-state index in [-0.39, 0.29) is 5.78 Å². The topological polar surface area (TPSA) is 43.4 Å². The highest BCUT2D eigenvalue weighted by Crippen LogP contribution is 2.16. The molecule has 2 rings (SSSR count). The number of aryl methyl sites for hydroxylation is 2. The first-order chi connectivity index (χ1) is 7.16. The van der Waals surface area contributed by atoms with Crippen LogP contribution in [0.3, 0.4) is 0 Å². The van der Waals surface area contributed by atoms with E-state index in [2.05, 4.69) is 0 Å². The average molecular weight is 204 g/mol. The van der Waals surface area contributed by atoms with Crippen LogP contribution in [0, 0.1) is 13.8 Å². The maximum atomic E-state index is 11.8. The summed E-state index contributed by atoms with van der Waals surface area (Å²) in [7, 11) is 0. The van der Waals surface area contributed by atoms with Crippen LogP contribution in [0.5, 0.6) is 0 Å². The smallest absolute Gasteiger partial charge is 0.170 e. The van der Waals surface area contributed by atoms with Gasteiger partial charge >= 0.3 is 0 Å². The summed E-state index contributed by atoms with van der Waals surface area (Å²) in [6.07, 6.45) is 3.51. The van der Waals surface area contributed by atoms with E-state index in [1.807, 2.05) is 6.92 Å². The maximum Gasteiger partial charge on any atom is 0.170 e. The van der Waals surface area contributed by atoms with Gasteiger partial charge in [0.25, 0.3) is 0 Å². The third-order valence-electron chi connectivity index (χ3n) is 2.29. The number of furan rings is 2. The third kappa shape index (κ3) is 2.01. The second kappa shape index (κ2) is 3.77. The highest BCUT2D eigenvalue weighted by Gasteiger charge is 2.14. The Hall–Kier alpha value is -1.77. The summed E-state index contributed by atoms with van der Waals surface area (Å²) in [6, 6.07) is 3.57. The van der Waals surface area contributed by atoms with Gasteiger partial charge in [-0.3, -0.25) is 4.79 Å². The number of carbonyl (C=O) groups excluding carboxylic acids is 1. The molecule has 0 atom stereocenters. The van der Waals surface area contributed by atoms with Crippen LogP contribution in [0.4, 0.5) is 0 Å². The lowest BCUT2D eigenvalue weighted by molar-refractivity contribution is 0.0991. The van der Waals surface area contributed by atoms with Gasteiger partial charge in [0.05, 0.1) is 18.1 Å². The molecule has 0 aliphatic rings. The number of ketones is 1. The van der Waals surface area contributed by atoms with Crippen molar-refractivity contribution in [1.29, 1.82) is 0 Å². The molecule has 0 saturated carbocycles. The first kappa shape index (κ1) is 9.77. The molecule has 0 radical (unpaired) electrons. The zero-order chi connectivity index (χ0) is 10.8. The molecule has 2 aromatic rings. The minimum Gasteiger partial charge on any atom is -0.472 e. The molecule has 15 heavy (non-hydrogen) atoms. The van der Waals surface area contributed by atoms with Crippen LogP contribution in [0.1, 0.15) is 27.4 Å².